The Labute approximate surface area is 115 Å². The van der Waals surface area contributed by atoms with Crippen LogP contribution in [0, 0.1) is 0 Å². The average Bonchev–Trinajstić information content (AvgIpc) is 2.26. The van der Waals surface area contributed by atoms with Gasteiger partial charge in [-0.05, 0) is 28.7 Å². The van der Waals surface area contributed by atoms with Crippen LogP contribution in [0.2, 0.25) is 0 Å². The number of benzene rings is 1. The van der Waals surface area contributed by atoms with Crippen molar-refractivity contribution in [3.05, 3.63) is 33.8 Å². The summed E-state index contributed by atoms with van der Waals surface area (Å²) < 4.78 is 12.6. The molecule has 0 saturated heterocycles. The van der Waals surface area contributed by atoms with Crippen LogP contribution in [0.5, 0.6) is 0 Å². The van der Waals surface area contributed by atoms with E-state index < -0.39 is 12.0 Å². The monoisotopic (exact) mass is 317 g/mol. The minimum Gasteiger partial charge on any atom is -0.323 e. The lowest BCUT2D eigenvalue weighted by molar-refractivity contribution is -0.184. The Morgan fingerprint density at radius 1 is 1.44 bits per heavy atom. The highest BCUT2D eigenvalue weighted by molar-refractivity contribution is 9.10. The molecule has 3 nitrogen and oxygen atoms in total. The third kappa shape index (κ3) is 4.07. The maximum atomic E-state index is 11.7. The second-order valence-corrected chi connectivity index (χ2v) is 6.20. The molecule has 2 N–H and O–H groups in total. The van der Waals surface area contributed by atoms with Crippen molar-refractivity contribution >= 4 is 21.9 Å². The molecule has 5 heteroatoms. The molecule has 1 atom stereocenters. The topological polar surface area (TPSA) is 52.3 Å². The molecular formula is C13H17BrFNO2. The largest absolute Gasteiger partial charge is 0.350 e. The fourth-order valence-electron chi connectivity index (χ4n) is 1.59. The van der Waals surface area contributed by atoms with Crippen molar-refractivity contribution in [1.29, 1.82) is 0 Å². The summed E-state index contributed by atoms with van der Waals surface area (Å²) in [6.07, 6.45) is -0.184. The van der Waals surface area contributed by atoms with Gasteiger partial charge in [0.25, 0.3) is 0 Å². The Bertz CT molecular complexity index is 443. The molecule has 1 unspecified atom stereocenters. The van der Waals surface area contributed by atoms with Crippen molar-refractivity contribution in [2.45, 2.75) is 38.6 Å². The number of hydrogen-bond donors (Lipinski definition) is 1. The summed E-state index contributed by atoms with van der Waals surface area (Å²) in [5.41, 5.74) is 7.71. The van der Waals surface area contributed by atoms with Crippen molar-refractivity contribution in [1.82, 2.24) is 0 Å². The molecule has 0 heterocycles. The maximum absolute atomic E-state index is 11.7. The number of nitrogens with two attached hydrogens (primary N) is 1. The first-order valence-corrected chi connectivity index (χ1v) is 6.41. The van der Waals surface area contributed by atoms with Crippen molar-refractivity contribution in [3.63, 3.8) is 0 Å². The molecular weight excluding hydrogens is 301 g/mol. The molecule has 0 amide bonds. The summed E-state index contributed by atoms with van der Waals surface area (Å²) in [5.74, 6) is -0.959. The highest BCUT2D eigenvalue weighted by atomic mass is 79.9. The molecule has 0 aliphatic rings. The third-order valence-corrected chi connectivity index (χ3v) is 3.14. The highest BCUT2D eigenvalue weighted by Crippen LogP contribution is 2.29. The molecule has 0 fully saturated rings. The van der Waals surface area contributed by atoms with Gasteiger partial charge in [0.2, 0.25) is 0 Å². The first-order chi connectivity index (χ1) is 8.24. The number of carbonyl (C=O) groups is 1. The van der Waals surface area contributed by atoms with Crippen molar-refractivity contribution in [2.75, 3.05) is 0 Å². The van der Waals surface area contributed by atoms with Crippen molar-refractivity contribution < 1.29 is 14.3 Å². The van der Waals surface area contributed by atoms with Gasteiger partial charge in [0.15, 0.2) is 0 Å². The minimum atomic E-state index is -0.959. The van der Waals surface area contributed by atoms with E-state index in [1.165, 1.54) is 0 Å². The summed E-state index contributed by atoms with van der Waals surface area (Å²) in [4.78, 5) is 14.0. The average molecular weight is 318 g/mol. The van der Waals surface area contributed by atoms with Gasteiger partial charge in [-0.1, -0.05) is 42.8 Å². The van der Waals surface area contributed by atoms with Crippen molar-refractivity contribution in [2.24, 2.45) is 5.73 Å². The minimum absolute atomic E-state index is 0.0289. The van der Waals surface area contributed by atoms with E-state index in [2.05, 4.69) is 41.6 Å². The third-order valence-electron chi connectivity index (χ3n) is 2.69. The predicted octanol–water partition coefficient (Wildman–Crippen LogP) is 3.56. The standard InChI is InChI=1S/C13H17BrFNO2/c1-13(2,3)9-4-8(5-10(14)6-9)11(16)7-12(17)18-15/h4-6,11H,7,16H2,1-3H3. The number of carbonyl (C=O) groups excluding carboxylic acids is 1. The quantitative estimate of drug-likeness (QED) is 0.927. The lowest BCUT2D eigenvalue weighted by Gasteiger charge is -2.21. The first kappa shape index (κ1) is 15.1. The van der Waals surface area contributed by atoms with Crippen LogP contribution in [0.15, 0.2) is 22.7 Å². The fourth-order valence-corrected chi connectivity index (χ4v) is 2.10. The summed E-state index contributed by atoms with van der Waals surface area (Å²) in [5, 5.41) is 0. The van der Waals surface area contributed by atoms with Crippen LogP contribution in [0.1, 0.15) is 44.4 Å². The zero-order valence-electron chi connectivity index (χ0n) is 10.7. The van der Waals surface area contributed by atoms with Crippen LogP contribution < -0.4 is 5.73 Å². The van der Waals surface area contributed by atoms with Gasteiger partial charge in [0.1, 0.15) is 0 Å². The molecule has 100 valence electrons. The van der Waals surface area contributed by atoms with Crippen LogP contribution in [-0.4, -0.2) is 5.97 Å². The van der Waals surface area contributed by atoms with E-state index in [-0.39, 0.29) is 11.8 Å². The zero-order valence-corrected chi connectivity index (χ0v) is 12.3. The van der Waals surface area contributed by atoms with Gasteiger partial charge in [-0.3, -0.25) is 4.94 Å². The second kappa shape index (κ2) is 5.80. The van der Waals surface area contributed by atoms with E-state index in [1.54, 1.807) is 0 Å². The summed E-state index contributed by atoms with van der Waals surface area (Å²) >= 11 is 3.41. The highest BCUT2D eigenvalue weighted by Gasteiger charge is 2.19. The van der Waals surface area contributed by atoms with Gasteiger partial charge in [-0.15, -0.1) is 0 Å². The normalized spacial score (nSPS) is 13.2. The smallest absolute Gasteiger partial charge is 0.323 e. The summed E-state index contributed by atoms with van der Waals surface area (Å²) in [7, 11) is 0. The van der Waals surface area contributed by atoms with Crippen LogP contribution in [0.3, 0.4) is 0 Å². The molecule has 0 bridgehead atoms. The fraction of sp³-hybridized carbons (Fsp3) is 0.462. The zero-order chi connectivity index (χ0) is 13.9. The van der Waals surface area contributed by atoms with E-state index in [0.717, 1.165) is 15.6 Å². The van der Waals surface area contributed by atoms with E-state index in [0.29, 0.717) is 0 Å². The Morgan fingerprint density at radius 3 is 2.56 bits per heavy atom. The van der Waals surface area contributed by atoms with Gasteiger partial charge >= 0.3 is 5.97 Å². The molecule has 1 rings (SSSR count). The Hall–Kier alpha value is -0.940. The Morgan fingerprint density at radius 2 is 2.06 bits per heavy atom. The van der Waals surface area contributed by atoms with Gasteiger partial charge in [-0.25, -0.2) is 4.79 Å². The van der Waals surface area contributed by atoms with Gasteiger partial charge < -0.3 is 5.73 Å². The molecule has 0 saturated carbocycles. The SMILES string of the molecule is CC(C)(C)c1cc(Br)cc(C(N)CC(=O)OF)c1. The van der Waals surface area contributed by atoms with E-state index in [9.17, 15) is 9.32 Å². The van der Waals surface area contributed by atoms with Crippen LogP contribution in [0.4, 0.5) is 4.53 Å². The lowest BCUT2D eigenvalue weighted by Crippen LogP contribution is -2.18. The van der Waals surface area contributed by atoms with Crippen molar-refractivity contribution in [3.8, 4) is 0 Å². The Kier molecular flexibility index (Phi) is 4.87. The van der Waals surface area contributed by atoms with Gasteiger partial charge in [0.05, 0.1) is 6.42 Å². The molecule has 1 aromatic carbocycles. The molecule has 0 aromatic heterocycles. The van der Waals surface area contributed by atoms with Crippen LogP contribution in [0.25, 0.3) is 0 Å². The molecule has 18 heavy (non-hydrogen) atoms. The molecule has 0 aliphatic carbocycles. The van der Waals surface area contributed by atoms with E-state index >= 15 is 0 Å². The molecule has 0 aliphatic heterocycles. The lowest BCUT2D eigenvalue weighted by atomic mass is 9.85. The Balaban J connectivity index is 3.03. The predicted molar refractivity (Wildman–Crippen MR) is 71.6 cm³/mol. The van der Waals surface area contributed by atoms with Crippen LogP contribution in [-0.2, 0) is 15.2 Å². The maximum Gasteiger partial charge on any atom is 0.350 e. The van der Waals surface area contributed by atoms with Gasteiger partial charge in [0, 0.05) is 15.0 Å². The molecule has 1 aromatic rings. The molecule has 0 spiro atoms. The van der Waals surface area contributed by atoms with Gasteiger partial charge in [-0.2, -0.15) is 0 Å². The molecule has 0 radical (unpaired) electrons. The first-order valence-electron chi connectivity index (χ1n) is 5.62. The van der Waals surface area contributed by atoms with E-state index in [4.69, 9.17) is 5.73 Å². The summed E-state index contributed by atoms with van der Waals surface area (Å²) in [6, 6.07) is 5.18. The second-order valence-electron chi connectivity index (χ2n) is 5.28. The number of rotatable bonds is 3. The number of hydrogen-bond acceptors (Lipinski definition) is 3. The van der Waals surface area contributed by atoms with Crippen LogP contribution >= 0.6 is 15.9 Å². The van der Waals surface area contributed by atoms with E-state index in [1.807, 2.05) is 18.2 Å². The summed E-state index contributed by atoms with van der Waals surface area (Å²) in [6.45, 7) is 6.25. The number of halogens is 2.